The van der Waals surface area contributed by atoms with Crippen molar-refractivity contribution in [2.24, 2.45) is 0 Å². The summed E-state index contributed by atoms with van der Waals surface area (Å²) in [5.74, 6) is -0.0308. The minimum atomic E-state index is -0.0308. The summed E-state index contributed by atoms with van der Waals surface area (Å²) in [6.07, 6.45) is 4.19. The number of ether oxygens (including phenoxy) is 1. The van der Waals surface area contributed by atoms with Gasteiger partial charge in [-0.15, -0.1) is 0 Å². The summed E-state index contributed by atoms with van der Waals surface area (Å²) in [4.78, 5) is 18.3. The van der Waals surface area contributed by atoms with Crippen molar-refractivity contribution in [3.8, 4) is 0 Å². The number of anilines is 1. The molecule has 1 aromatic heterocycles. The maximum Gasteiger partial charge on any atom is 0.256 e. The molecule has 142 valence electrons. The molecule has 2 N–H and O–H groups in total. The highest BCUT2D eigenvalue weighted by Crippen LogP contribution is 2.33. The topological polar surface area (TPSA) is 57.4 Å². The Balaban J connectivity index is 1.50. The monoisotopic (exact) mass is 365 g/mol. The van der Waals surface area contributed by atoms with Gasteiger partial charge in [0.05, 0.1) is 18.8 Å². The normalized spacial score (nSPS) is 18.7. The van der Waals surface area contributed by atoms with E-state index in [2.05, 4.69) is 29.0 Å². The number of nitrogens with zero attached hydrogens (tertiary/aromatic N) is 1. The van der Waals surface area contributed by atoms with E-state index in [1.165, 1.54) is 16.8 Å². The Bertz CT molecular complexity index is 876. The van der Waals surface area contributed by atoms with Crippen LogP contribution >= 0.6 is 0 Å². The summed E-state index contributed by atoms with van der Waals surface area (Å²) in [6.45, 7) is 9.17. The first kappa shape index (κ1) is 18.0. The van der Waals surface area contributed by atoms with Crippen LogP contribution in [0.3, 0.4) is 0 Å². The predicted octanol–water partition coefficient (Wildman–Crippen LogP) is 3.39. The quantitative estimate of drug-likeness (QED) is 0.799. The van der Waals surface area contributed by atoms with Crippen molar-refractivity contribution >= 4 is 23.2 Å². The third-order valence-electron chi connectivity index (χ3n) is 5.64. The van der Waals surface area contributed by atoms with Crippen LogP contribution in [0.4, 0.5) is 5.69 Å². The van der Waals surface area contributed by atoms with E-state index in [4.69, 9.17) is 4.74 Å². The van der Waals surface area contributed by atoms with Gasteiger partial charge in [0, 0.05) is 35.7 Å². The van der Waals surface area contributed by atoms with Crippen LogP contribution in [-0.4, -0.2) is 48.6 Å². The lowest BCUT2D eigenvalue weighted by atomic mass is 10.0. The Kier molecular flexibility index (Phi) is 5.14. The Morgan fingerprint density at radius 3 is 2.78 bits per heavy atom. The van der Waals surface area contributed by atoms with E-state index in [9.17, 15) is 4.79 Å². The van der Waals surface area contributed by atoms with E-state index in [0.29, 0.717) is 0 Å². The standard InChI is InChI=1S/C22H27N3O2/c1-15-17(7-5-9-25-10-12-27-13-11-25)16(2)23-21(15)14-19-18-6-3-4-8-20(18)24-22(19)26/h3-4,6,8,14,23H,5,7,9-13H2,1-2H3,(H,24,26)/b19-14-. The Labute approximate surface area is 160 Å². The van der Waals surface area contributed by atoms with Crippen molar-refractivity contribution in [2.45, 2.75) is 26.7 Å². The number of carbonyl (C=O) groups excluding carboxylic acids is 1. The number of aromatic nitrogens is 1. The van der Waals surface area contributed by atoms with Crippen molar-refractivity contribution in [2.75, 3.05) is 38.2 Å². The molecule has 1 aromatic carbocycles. The molecular formula is C22H27N3O2. The van der Waals surface area contributed by atoms with Gasteiger partial charge in [-0.2, -0.15) is 0 Å². The summed E-state index contributed by atoms with van der Waals surface area (Å²) >= 11 is 0. The fourth-order valence-corrected chi connectivity index (χ4v) is 4.07. The van der Waals surface area contributed by atoms with Gasteiger partial charge in [0.25, 0.3) is 5.91 Å². The van der Waals surface area contributed by atoms with E-state index < -0.39 is 0 Å². The Morgan fingerprint density at radius 1 is 1.19 bits per heavy atom. The molecule has 2 aliphatic heterocycles. The van der Waals surface area contributed by atoms with E-state index >= 15 is 0 Å². The van der Waals surface area contributed by atoms with Gasteiger partial charge in [0.1, 0.15) is 0 Å². The number of aryl methyl sites for hydroxylation is 1. The molecule has 0 atom stereocenters. The fourth-order valence-electron chi connectivity index (χ4n) is 4.07. The lowest BCUT2D eigenvalue weighted by Gasteiger charge is -2.26. The number of carbonyl (C=O) groups is 1. The second-order valence-electron chi connectivity index (χ2n) is 7.38. The van der Waals surface area contributed by atoms with Crippen LogP contribution in [0.1, 0.15) is 34.5 Å². The van der Waals surface area contributed by atoms with E-state index in [0.717, 1.165) is 68.2 Å². The number of morpholine rings is 1. The zero-order chi connectivity index (χ0) is 18.8. The summed E-state index contributed by atoms with van der Waals surface area (Å²) in [7, 11) is 0. The van der Waals surface area contributed by atoms with Gasteiger partial charge in [0.15, 0.2) is 0 Å². The van der Waals surface area contributed by atoms with Gasteiger partial charge in [-0.25, -0.2) is 0 Å². The lowest BCUT2D eigenvalue weighted by molar-refractivity contribution is -0.110. The van der Waals surface area contributed by atoms with Crippen LogP contribution in [0.2, 0.25) is 0 Å². The number of nitrogens with one attached hydrogen (secondary N) is 2. The Hall–Kier alpha value is -2.37. The van der Waals surface area contributed by atoms with Gasteiger partial charge in [-0.3, -0.25) is 9.69 Å². The zero-order valence-corrected chi connectivity index (χ0v) is 16.1. The molecule has 0 bridgehead atoms. The van der Waals surface area contributed by atoms with Crippen LogP contribution in [-0.2, 0) is 16.0 Å². The molecule has 0 aliphatic carbocycles. The Morgan fingerprint density at radius 2 is 1.96 bits per heavy atom. The molecule has 5 heteroatoms. The number of aromatic amines is 1. The molecule has 3 heterocycles. The van der Waals surface area contributed by atoms with Gasteiger partial charge >= 0.3 is 0 Å². The van der Waals surface area contributed by atoms with E-state index in [1.54, 1.807) is 0 Å². The third-order valence-corrected chi connectivity index (χ3v) is 5.64. The molecule has 2 aliphatic rings. The number of rotatable bonds is 5. The van der Waals surface area contributed by atoms with Crippen molar-refractivity contribution < 1.29 is 9.53 Å². The first-order chi connectivity index (χ1) is 13.1. The van der Waals surface area contributed by atoms with Gasteiger partial charge < -0.3 is 15.0 Å². The predicted molar refractivity (Wildman–Crippen MR) is 109 cm³/mol. The first-order valence-corrected chi connectivity index (χ1v) is 9.74. The van der Waals surface area contributed by atoms with Gasteiger partial charge in [-0.05, 0) is 56.5 Å². The highest BCUT2D eigenvalue weighted by atomic mass is 16.5. The van der Waals surface area contributed by atoms with Crippen molar-refractivity contribution in [3.63, 3.8) is 0 Å². The maximum absolute atomic E-state index is 12.4. The molecule has 2 aromatic rings. The number of fused-ring (bicyclic) bond motifs is 1. The number of hydrogen-bond donors (Lipinski definition) is 2. The van der Waals surface area contributed by atoms with Crippen LogP contribution < -0.4 is 5.32 Å². The van der Waals surface area contributed by atoms with Crippen LogP contribution in [0.5, 0.6) is 0 Å². The zero-order valence-electron chi connectivity index (χ0n) is 16.1. The molecule has 27 heavy (non-hydrogen) atoms. The number of benzene rings is 1. The largest absolute Gasteiger partial charge is 0.379 e. The SMILES string of the molecule is Cc1[nH]c(/C=C2\C(=O)Nc3ccccc32)c(C)c1CCCN1CCOCC1. The minimum absolute atomic E-state index is 0.0308. The second-order valence-corrected chi connectivity index (χ2v) is 7.38. The average Bonchev–Trinajstić information content (AvgIpc) is 3.13. The van der Waals surface area contributed by atoms with Crippen LogP contribution in [0.15, 0.2) is 24.3 Å². The molecule has 1 amide bonds. The molecule has 0 saturated carbocycles. The smallest absolute Gasteiger partial charge is 0.256 e. The van der Waals surface area contributed by atoms with Gasteiger partial charge in [0.2, 0.25) is 0 Å². The summed E-state index contributed by atoms with van der Waals surface area (Å²) in [5, 5.41) is 2.94. The molecule has 0 unspecified atom stereocenters. The molecule has 0 spiro atoms. The molecule has 1 fully saturated rings. The van der Waals surface area contributed by atoms with Crippen molar-refractivity contribution in [3.05, 3.63) is 52.3 Å². The molecular weight excluding hydrogens is 338 g/mol. The first-order valence-electron chi connectivity index (χ1n) is 9.74. The number of para-hydroxylation sites is 1. The molecule has 1 saturated heterocycles. The van der Waals surface area contributed by atoms with Crippen LogP contribution in [0, 0.1) is 13.8 Å². The maximum atomic E-state index is 12.4. The van der Waals surface area contributed by atoms with Crippen molar-refractivity contribution in [1.29, 1.82) is 0 Å². The number of amides is 1. The highest BCUT2D eigenvalue weighted by Gasteiger charge is 2.24. The highest BCUT2D eigenvalue weighted by molar-refractivity contribution is 6.34. The van der Waals surface area contributed by atoms with E-state index in [1.807, 2.05) is 30.3 Å². The fraction of sp³-hybridized carbons (Fsp3) is 0.409. The molecule has 4 rings (SSSR count). The third kappa shape index (κ3) is 3.70. The summed E-state index contributed by atoms with van der Waals surface area (Å²) < 4.78 is 5.42. The lowest BCUT2D eigenvalue weighted by Crippen LogP contribution is -2.36. The minimum Gasteiger partial charge on any atom is -0.379 e. The summed E-state index contributed by atoms with van der Waals surface area (Å²) in [5.41, 5.74) is 7.46. The molecule has 5 nitrogen and oxygen atoms in total. The second kappa shape index (κ2) is 7.71. The summed E-state index contributed by atoms with van der Waals surface area (Å²) in [6, 6.07) is 7.85. The van der Waals surface area contributed by atoms with Crippen LogP contribution in [0.25, 0.3) is 11.6 Å². The van der Waals surface area contributed by atoms with Crippen molar-refractivity contribution in [1.82, 2.24) is 9.88 Å². The van der Waals surface area contributed by atoms with E-state index in [-0.39, 0.29) is 5.91 Å². The number of hydrogen-bond acceptors (Lipinski definition) is 3. The number of H-pyrrole nitrogens is 1. The average molecular weight is 365 g/mol. The van der Waals surface area contributed by atoms with Gasteiger partial charge in [-0.1, -0.05) is 18.2 Å². The molecule has 0 radical (unpaired) electrons.